The minimum Gasteiger partial charge on any atom is -0.466 e. The highest BCUT2D eigenvalue weighted by Gasteiger charge is 2.17. The number of halogens is 1. The first kappa shape index (κ1) is 11.4. The van der Waals surface area contributed by atoms with E-state index in [0.717, 1.165) is 22.2 Å². The monoisotopic (exact) mass is 279 g/mol. The smallest absolute Gasteiger partial charge is 0.139 e. The van der Waals surface area contributed by atoms with Crippen molar-refractivity contribution in [3.8, 4) is 0 Å². The van der Waals surface area contributed by atoms with Crippen molar-refractivity contribution < 1.29 is 4.42 Å². The van der Waals surface area contributed by atoms with Gasteiger partial charge in [-0.15, -0.1) is 0 Å². The number of rotatable bonds is 3. The van der Waals surface area contributed by atoms with E-state index in [9.17, 15) is 0 Å². The molecular formula is C13H14BrNO. The van der Waals surface area contributed by atoms with Gasteiger partial charge in [-0.25, -0.2) is 0 Å². The van der Waals surface area contributed by atoms with Crippen LogP contribution in [0.15, 0.2) is 45.5 Å². The lowest BCUT2D eigenvalue weighted by atomic mass is 9.98. The fraction of sp³-hybridized carbons (Fsp3) is 0.231. The van der Waals surface area contributed by atoms with E-state index in [0.29, 0.717) is 0 Å². The van der Waals surface area contributed by atoms with Gasteiger partial charge in [-0.1, -0.05) is 31.2 Å². The van der Waals surface area contributed by atoms with E-state index in [2.05, 4.69) is 35.0 Å². The van der Waals surface area contributed by atoms with Gasteiger partial charge in [0.05, 0.1) is 16.8 Å². The molecule has 0 aliphatic rings. The van der Waals surface area contributed by atoms with Gasteiger partial charge in [0.25, 0.3) is 0 Å². The Morgan fingerprint density at radius 3 is 2.69 bits per heavy atom. The molecule has 2 nitrogen and oxygen atoms in total. The second-order valence-corrected chi connectivity index (χ2v) is 4.52. The third-order valence-corrected chi connectivity index (χ3v) is 3.35. The van der Waals surface area contributed by atoms with Crippen LogP contribution in [0.4, 0.5) is 0 Å². The van der Waals surface area contributed by atoms with Gasteiger partial charge in [-0.05, 0) is 39.5 Å². The highest BCUT2D eigenvalue weighted by atomic mass is 79.9. The molecule has 1 atom stereocenters. The summed E-state index contributed by atoms with van der Waals surface area (Å²) >= 11 is 3.44. The molecule has 2 rings (SSSR count). The maximum atomic E-state index is 6.21. The number of nitrogens with two attached hydrogens (primary N) is 1. The van der Waals surface area contributed by atoms with Crippen LogP contribution in [0.2, 0.25) is 0 Å². The van der Waals surface area contributed by atoms with Crippen LogP contribution in [0, 0.1) is 0 Å². The summed E-state index contributed by atoms with van der Waals surface area (Å²) < 4.78 is 6.33. The van der Waals surface area contributed by atoms with Gasteiger partial charge in [0.2, 0.25) is 0 Å². The largest absolute Gasteiger partial charge is 0.466 e. The minimum atomic E-state index is -0.208. The Morgan fingerprint density at radius 1 is 1.31 bits per heavy atom. The van der Waals surface area contributed by atoms with Crippen molar-refractivity contribution >= 4 is 15.9 Å². The summed E-state index contributed by atoms with van der Waals surface area (Å²) in [5, 5.41) is 0. The Balaban J connectivity index is 2.41. The molecule has 2 aromatic rings. The maximum absolute atomic E-state index is 6.21. The molecule has 0 fully saturated rings. The Hall–Kier alpha value is -1.06. The molecule has 1 aromatic heterocycles. The fourth-order valence-electron chi connectivity index (χ4n) is 1.83. The van der Waals surface area contributed by atoms with Crippen molar-refractivity contribution in [1.82, 2.24) is 0 Å². The lowest BCUT2D eigenvalue weighted by Gasteiger charge is -2.14. The SMILES string of the molecule is CCc1ccccc1C(N)c1occc1Br. The molecule has 0 bridgehead atoms. The van der Waals surface area contributed by atoms with E-state index in [4.69, 9.17) is 10.2 Å². The summed E-state index contributed by atoms with van der Waals surface area (Å²) in [6.07, 6.45) is 2.62. The molecule has 84 valence electrons. The molecule has 3 heteroatoms. The number of furan rings is 1. The van der Waals surface area contributed by atoms with Gasteiger partial charge in [0.15, 0.2) is 0 Å². The van der Waals surface area contributed by atoms with Crippen molar-refractivity contribution in [3.05, 3.63) is 58.0 Å². The van der Waals surface area contributed by atoms with Crippen LogP contribution in [-0.4, -0.2) is 0 Å². The normalized spacial score (nSPS) is 12.7. The molecule has 0 saturated carbocycles. The van der Waals surface area contributed by atoms with E-state index in [1.807, 2.05) is 18.2 Å². The second-order valence-electron chi connectivity index (χ2n) is 3.66. The molecular weight excluding hydrogens is 266 g/mol. The van der Waals surface area contributed by atoms with E-state index in [1.165, 1.54) is 5.56 Å². The first-order valence-corrected chi connectivity index (χ1v) is 6.09. The van der Waals surface area contributed by atoms with Gasteiger partial charge in [-0.3, -0.25) is 0 Å². The van der Waals surface area contributed by atoms with Crippen LogP contribution >= 0.6 is 15.9 Å². The Morgan fingerprint density at radius 2 is 2.06 bits per heavy atom. The molecule has 0 aliphatic heterocycles. The van der Waals surface area contributed by atoms with Crippen LogP contribution in [0.3, 0.4) is 0 Å². The van der Waals surface area contributed by atoms with Crippen LogP contribution in [0.1, 0.15) is 29.9 Å². The summed E-state index contributed by atoms with van der Waals surface area (Å²) in [6, 6.07) is 9.85. The molecule has 0 spiro atoms. The maximum Gasteiger partial charge on any atom is 0.139 e. The molecule has 16 heavy (non-hydrogen) atoms. The molecule has 0 amide bonds. The van der Waals surface area contributed by atoms with Crippen molar-refractivity contribution in [3.63, 3.8) is 0 Å². The number of hydrogen-bond acceptors (Lipinski definition) is 2. The zero-order valence-corrected chi connectivity index (χ0v) is 10.7. The fourth-order valence-corrected chi connectivity index (χ4v) is 2.28. The highest BCUT2D eigenvalue weighted by molar-refractivity contribution is 9.10. The van der Waals surface area contributed by atoms with Gasteiger partial charge in [0.1, 0.15) is 5.76 Å². The lowest BCUT2D eigenvalue weighted by Crippen LogP contribution is -2.13. The predicted molar refractivity (Wildman–Crippen MR) is 68.3 cm³/mol. The zero-order chi connectivity index (χ0) is 11.5. The predicted octanol–water partition coefficient (Wildman–Crippen LogP) is 3.65. The summed E-state index contributed by atoms with van der Waals surface area (Å²) in [6.45, 7) is 2.13. The summed E-state index contributed by atoms with van der Waals surface area (Å²) in [7, 11) is 0. The molecule has 0 aliphatic carbocycles. The minimum absolute atomic E-state index is 0.208. The van der Waals surface area contributed by atoms with Crippen molar-refractivity contribution in [2.45, 2.75) is 19.4 Å². The van der Waals surface area contributed by atoms with E-state index < -0.39 is 0 Å². The van der Waals surface area contributed by atoms with Crippen molar-refractivity contribution in [2.24, 2.45) is 5.73 Å². The molecule has 1 heterocycles. The average Bonchev–Trinajstić information content (AvgIpc) is 2.74. The van der Waals surface area contributed by atoms with Gasteiger partial charge >= 0.3 is 0 Å². The third-order valence-electron chi connectivity index (χ3n) is 2.70. The van der Waals surface area contributed by atoms with Gasteiger partial charge in [-0.2, -0.15) is 0 Å². The summed E-state index contributed by atoms with van der Waals surface area (Å²) in [5.41, 5.74) is 8.60. The van der Waals surface area contributed by atoms with Gasteiger partial charge in [0, 0.05) is 0 Å². The standard InChI is InChI=1S/C13H14BrNO/c1-2-9-5-3-4-6-10(9)12(15)13-11(14)7-8-16-13/h3-8,12H,2,15H2,1H3. The molecule has 1 unspecified atom stereocenters. The van der Waals surface area contributed by atoms with Crippen LogP contribution in [-0.2, 0) is 6.42 Å². The first-order chi connectivity index (χ1) is 7.74. The Bertz CT molecular complexity index is 478. The number of benzene rings is 1. The highest BCUT2D eigenvalue weighted by Crippen LogP contribution is 2.29. The van der Waals surface area contributed by atoms with Crippen LogP contribution in [0.5, 0.6) is 0 Å². The number of hydrogen-bond donors (Lipinski definition) is 1. The lowest BCUT2D eigenvalue weighted by molar-refractivity contribution is 0.486. The average molecular weight is 280 g/mol. The summed E-state index contributed by atoms with van der Waals surface area (Å²) in [4.78, 5) is 0. The molecule has 0 saturated heterocycles. The van der Waals surface area contributed by atoms with Gasteiger partial charge < -0.3 is 10.2 Å². The third kappa shape index (κ3) is 2.06. The second kappa shape index (κ2) is 4.85. The van der Waals surface area contributed by atoms with Crippen molar-refractivity contribution in [1.29, 1.82) is 0 Å². The first-order valence-electron chi connectivity index (χ1n) is 5.30. The molecule has 0 radical (unpaired) electrons. The molecule has 2 N–H and O–H groups in total. The van der Waals surface area contributed by atoms with Crippen LogP contribution < -0.4 is 5.73 Å². The van der Waals surface area contributed by atoms with E-state index in [-0.39, 0.29) is 6.04 Å². The Labute approximate surface area is 104 Å². The van der Waals surface area contributed by atoms with E-state index >= 15 is 0 Å². The number of aryl methyl sites for hydroxylation is 1. The van der Waals surface area contributed by atoms with Crippen molar-refractivity contribution in [2.75, 3.05) is 0 Å². The van der Waals surface area contributed by atoms with E-state index in [1.54, 1.807) is 6.26 Å². The quantitative estimate of drug-likeness (QED) is 0.932. The Kier molecular flexibility index (Phi) is 3.46. The zero-order valence-electron chi connectivity index (χ0n) is 9.11. The topological polar surface area (TPSA) is 39.2 Å². The van der Waals surface area contributed by atoms with Crippen LogP contribution in [0.25, 0.3) is 0 Å². The summed E-state index contributed by atoms with van der Waals surface area (Å²) in [5.74, 6) is 0.779. The molecule has 1 aromatic carbocycles.